The fourth-order valence-electron chi connectivity index (χ4n) is 2.46. The number of nitrogen functional groups attached to an aromatic ring is 1. The molecule has 1 fully saturated rings. The van der Waals surface area contributed by atoms with Gasteiger partial charge in [-0.1, -0.05) is 18.2 Å². The first-order chi connectivity index (χ1) is 11.2. The summed E-state index contributed by atoms with van der Waals surface area (Å²) in [6.07, 6.45) is 0. The third kappa shape index (κ3) is 2.99. The van der Waals surface area contributed by atoms with E-state index in [2.05, 4.69) is 0 Å². The summed E-state index contributed by atoms with van der Waals surface area (Å²) in [5.74, 6) is 0.0755. The molecule has 2 N–H and O–H groups in total. The number of nitrogens with two attached hydrogens (primary N) is 1. The Labute approximate surface area is 141 Å². The van der Waals surface area contributed by atoms with Crippen LogP contribution in [0.5, 0.6) is 11.5 Å². The van der Waals surface area contributed by atoms with Gasteiger partial charge in [0.25, 0.3) is 0 Å². The van der Waals surface area contributed by atoms with Crippen LogP contribution in [0, 0.1) is 5.82 Å². The molecule has 0 spiro atoms. The van der Waals surface area contributed by atoms with Crippen molar-refractivity contribution in [3.63, 3.8) is 0 Å². The third-order valence-corrected chi connectivity index (χ3v) is 4.60. The van der Waals surface area contributed by atoms with Crippen molar-refractivity contribution in [2.45, 2.75) is 38.9 Å². The van der Waals surface area contributed by atoms with Crippen LogP contribution < -0.4 is 15.9 Å². The Hall–Kier alpha value is -2.05. The molecule has 0 aromatic heterocycles. The molecule has 6 heteroatoms. The van der Waals surface area contributed by atoms with Gasteiger partial charge in [0.15, 0.2) is 11.6 Å². The zero-order valence-corrected chi connectivity index (χ0v) is 14.3. The van der Waals surface area contributed by atoms with E-state index < -0.39 is 24.1 Å². The summed E-state index contributed by atoms with van der Waals surface area (Å²) in [5, 5.41) is 0. The van der Waals surface area contributed by atoms with Crippen molar-refractivity contribution in [1.29, 1.82) is 0 Å². The van der Waals surface area contributed by atoms with Crippen molar-refractivity contribution >= 4 is 18.3 Å². The van der Waals surface area contributed by atoms with E-state index in [9.17, 15) is 4.39 Å². The molecule has 0 atom stereocenters. The zero-order valence-electron chi connectivity index (χ0n) is 14.3. The molecule has 3 rings (SSSR count). The highest BCUT2D eigenvalue weighted by molar-refractivity contribution is 6.63. The largest absolute Gasteiger partial charge is 0.498 e. The summed E-state index contributed by atoms with van der Waals surface area (Å²) in [5.41, 5.74) is 5.71. The molecule has 2 aromatic carbocycles. The quantitative estimate of drug-likeness (QED) is 0.692. The minimum atomic E-state index is -0.581. The van der Waals surface area contributed by atoms with Crippen LogP contribution in [0.1, 0.15) is 27.7 Å². The van der Waals surface area contributed by atoms with Crippen molar-refractivity contribution in [2.24, 2.45) is 0 Å². The lowest BCUT2D eigenvalue weighted by Crippen LogP contribution is -2.41. The Morgan fingerprint density at radius 3 is 2.21 bits per heavy atom. The Balaban J connectivity index is 1.92. The van der Waals surface area contributed by atoms with Crippen molar-refractivity contribution in [3.8, 4) is 11.5 Å². The van der Waals surface area contributed by atoms with E-state index >= 15 is 0 Å². The SMILES string of the molecule is CC1(C)OB(c2ccccc2Oc2ccc(N)cc2F)OC1(C)C. The minimum Gasteiger partial charge on any atom is -0.455 e. The second-order valence-corrected chi connectivity index (χ2v) is 6.92. The molecule has 0 bridgehead atoms. The van der Waals surface area contributed by atoms with Crippen LogP contribution >= 0.6 is 0 Å². The van der Waals surface area contributed by atoms with E-state index in [-0.39, 0.29) is 5.75 Å². The summed E-state index contributed by atoms with van der Waals surface area (Å²) in [6.45, 7) is 7.93. The summed E-state index contributed by atoms with van der Waals surface area (Å²) in [4.78, 5) is 0. The molecule has 0 amide bonds. The van der Waals surface area contributed by atoms with E-state index in [0.29, 0.717) is 16.9 Å². The van der Waals surface area contributed by atoms with Gasteiger partial charge >= 0.3 is 7.12 Å². The normalized spacial score (nSPS) is 18.6. The predicted molar refractivity (Wildman–Crippen MR) is 93.0 cm³/mol. The fraction of sp³-hybridized carbons (Fsp3) is 0.333. The van der Waals surface area contributed by atoms with Crippen LogP contribution in [0.4, 0.5) is 10.1 Å². The number of anilines is 1. The lowest BCUT2D eigenvalue weighted by molar-refractivity contribution is 0.00578. The number of benzene rings is 2. The van der Waals surface area contributed by atoms with Gasteiger partial charge in [0.05, 0.1) is 11.2 Å². The summed E-state index contributed by atoms with van der Waals surface area (Å²) in [7, 11) is -0.581. The van der Waals surface area contributed by atoms with Gasteiger partial charge in [-0.25, -0.2) is 4.39 Å². The number of ether oxygens (including phenoxy) is 1. The van der Waals surface area contributed by atoms with Gasteiger partial charge in [-0.2, -0.15) is 0 Å². The number of halogens is 1. The summed E-state index contributed by atoms with van der Waals surface area (Å²) in [6, 6.07) is 11.6. The van der Waals surface area contributed by atoms with Crippen LogP contribution in [0.2, 0.25) is 0 Å². The average Bonchev–Trinajstić information content (AvgIpc) is 2.71. The fourth-order valence-corrected chi connectivity index (χ4v) is 2.46. The molecule has 1 heterocycles. The number of rotatable bonds is 3. The molecule has 1 aliphatic heterocycles. The minimum absolute atomic E-state index is 0.105. The molecule has 0 unspecified atom stereocenters. The molecule has 1 saturated heterocycles. The van der Waals surface area contributed by atoms with Crippen LogP contribution in [-0.2, 0) is 9.31 Å². The maximum absolute atomic E-state index is 14.0. The Morgan fingerprint density at radius 1 is 0.958 bits per heavy atom. The van der Waals surface area contributed by atoms with E-state index in [1.807, 2.05) is 45.9 Å². The molecule has 1 aliphatic rings. The first kappa shape index (κ1) is 16.8. The van der Waals surface area contributed by atoms with Crippen molar-refractivity contribution in [1.82, 2.24) is 0 Å². The monoisotopic (exact) mass is 329 g/mol. The second kappa shape index (κ2) is 5.79. The summed E-state index contributed by atoms with van der Waals surface area (Å²) < 4.78 is 31.9. The van der Waals surface area contributed by atoms with E-state index in [0.717, 1.165) is 0 Å². The van der Waals surface area contributed by atoms with E-state index in [1.54, 1.807) is 12.1 Å². The Kier molecular flexibility index (Phi) is 4.05. The van der Waals surface area contributed by atoms with E-state index in [1.165, 1.54) is 12.1 Å². The van der Waals surface area contributed by atoms with Gasteiger partial charge in [-0.15, -0.1) is 0 Å². The molecule has 4 nitrogen and oxygen atoms in total. The van der Waals surface area contributed by atoms with Gasteiger partial charge in [0.1, 0.15) is 5.75 Å². The maximum Gasteiger partial charge on any atom is 0.498 e. The lowest BCUT2D eigenvalue weighted by atomic mass is 9.78. The van der Waals surface area contributed by atoms with Gasteiger partial charge in [-0.05, 0) is 45.9 Å². The van der Waals surface area contributed by atoms with Gasteiger partial charge in [-0.3, -0.25) is 0 Å². The molecule has 0 saturated carbocycles. The van der Waals surface area contributed by atoms with Crippen molar-refractivity contribution in [3.05, 3.63) is 48.3 Å². The van der Waals surface area contributed by atoms with Crippen molar-refractivity contribution < 1.29 is 18.4 Å². The molecule has 2 aromatic rings. The van der Waals surface area contributed by atoms with Gasteiger partial charge < -0.3 is 19.8 Å². The molecular weight excluding hydrogens is 308 g/mol. The molecule has 24 heavy (non-hydrogen) atoms. The van der Waals surface area contributed by atoms with Crippen LogP contribution in [0.25, 0.3) is 0 Å². The number of hydrogen-bond donors (Lipinski definition) is 1. The smallest absolute Gasteiger partial charge is 0.455 e. The molecule has 0 aliphatic carbocycles. The highest BCUT2D eigenvalue weighted by Gasteiger charge is 2.52. The zero-order chi connectivity index (χ0) is 17.5. The first-order valence-electron chi connectivity index (χ1n) is 7.87. The standard InChI is InChI=1S/C18H21BFNO3/c1-17(2)18(3,4)24-19(23-17)13-7-5-6-8-15(13)22-16-10-9-12(21)11-14(16)20/h5-11H,21H2,1-4H3. The number of hydrogen-bond acceptors (Lipinski definition) is 4. The predicted octanol–water partition coefficient (Wildman–Crippen LogP) is 3.50. The second-order valence-electron chi connectivity index (χ2n) is 6.92. The van der Waals surface area contributed by atoms with Crippen molar-refractivity contribution in [2.75, 3.05) is 5.73 Å². The van der Waals surface area contributed by atoms with Gasteiger partial charge in [0, 0.05) is 17.2 Å². The topological polar surface area (TPSA) is 53.7 Å². The van der Waals surface area contributed by atoms with E-state index in [4.69, 9.17) is 19.8 Å². The Morgan fingerprint density at radius 2 is 1.58 bits per heavy atom. The highest BCUT2D eigenvalue weighted by Crippen LogP contribution is 2.37. The molecule has 0 radical (unpaired) electrons. The number of para-hydroxylation sites is 1. The van der Waals surface area contributed by atoms with Crippen LogP contribution in [0.15, 0.2) is 42.5 Å². The first-order valence-corrected chi connectivity index (χ1v) is 7.87. The highest BCUT2D eigenvalue weighted by atomic mass is 19.1. The Bertz CT molecular complexity index is 748. The summed E-state index contributed by atoms with van der Waals surface area (Å²) >= 11 is 0. The average molecular weight is 329 g/mol. The van der Waals surface area contributed by atoms with Gasteiger partial charge in [0.2, 0.25) is 0 Å². The maximum atomic E-state index is 14.0. The van der Waals surface area contributed by atoms with Crippen LogP contribution in [0.3, 0.4) is 0 Å². The molecular formula is C18H21BFNO3. The lowest BCUT2D eigenvalue weighted by Gasteiger charge is -2.32. The third-order valence-electron chi connectivity index (χ3n) is 4.60. The molecule has 126 valence electrons. The van der Waals surface area contributed by atoms with Crippen LogP contribution in [-0.4, -0.2) is 18.3 Å².